The van der Waals surface area contributed by atoms with E-state index in [0.29, 0.717) is 12.0 Å². The summed E-state index contributed by atoms with van der Waals surface area (Å²) >= 11 is 0. The second-order valence-electron chi connectivity index (χ2n) is 9.98. The van der Waals surface area contributed by atoms with Gasteiger partial charge in [-0.3, -0.25) is 9.69 Å². The minimum Gasteiger partial charge on any atom is -0.497 e. The number of amides is 1. The normalized spacial score (nSPS) is 26.9. The van der Waals surface area contributed by atoms with Crippen LogP contribution in [-0.2, 0) is 10.3 Å². The lowest BCUT2D eigenvalue weighted by Crippen LogP contribution is -2.61. The van der Waals surface area contributed by atoms with Crippen molar-refractivity contribution in [3.05, 3.63) is 24.3 Å². The van der Waals surface area contributed by atoms with Crippen molar-refractivity contribution in [2.45, 2.75) is 82.2 Å². The molecule has 0 saturated heterocycles. The number of rotatable bonds is 3. The van der Waals surface area contributed by atoms with E-state index in [-0.39, 0.29) is 17.4 Å². The molecule has 3 saturated carbocycles. The molecule has 6 nitrogen and oxygen atoms in total. The van der Waals surface area contributed by atoms with Gasteiger partial charge in [-0.15, -0.1) is 5.10 Å². The van der Waals surface area contributed by atoms with Gasteiger partial charge in [0.1, 0.15) is 5.75 Å². The summed E-state index contributed by atoms with van der Waals surface area (Å²) in [4.78, 5) is 20.7. The minimum absolute atomic E-state index is 0.0245. The highest BCUT2D eigenvalue weighted by molar-refractivity contribution is 5.96. The zero-order chi connectivity index (χ0) is 21.0. The molecule has 4 aliphatic rings. The number of fused-ring (bicyclic) bond motifs is 4. The summed E-state index contributed by atoms with van der Waals surface area (Å²) in [5.74, 6) is 3.35. The largest absolute Gasteiger partial charge is 0.497 e. The topological polar surface area (TPSA) is 60.2 Å². The molecule has 1 aromatic carbocycles. The number of hydrogen-bond acceptors (Lipinski definition) is 4. The number of ether oxygens (including phenoxy) is 1. The van der Waals surface area contributed by atoms with E-state index in [1.807, 2.05) is 24.3 Å². The minimum atomic E-state index is 0.0245. The number of hydrogen-bond donors (Lipinski definition) is 0. The number of anilines is 1. The van der Waals surface area contributed by atoms with Gasteiger partial charge in [-0.25, -0.2) is 4.68 Å². The Balaban J connectivity index is 1.50. The maximum atomic E-state index is 13.5. The fourth-order valence-electron chi connectivity index (χ4n) is 6.51. The van der Waals surface area contributed by atoms with Crippen LogP contribution in [-0.4, -0.2) is 33.8 Å². The van der Waals surface area contributed by atoms with Crippen molar-refractivity contribution >= 4 is 11.9 Å². The van der Waals surface area contributed by atoms with E-state index < -0.39 is 0 Å². The monoisotopic (exact) mass is 420 g/mol. The van der Waals surface area contributed by atoms with Crippen molar-refractivity contribution in [2.75, 3.05) is 12.0 Å². The van der Waals surface area contributed by atoms with Gasteiger partial charge in [0.05, 0.1) is 12.6 Å². The molecule has 1 aromatic heterocycles. The van der Waals surface area contributed by atoms with Crippen LogP contribution in [0.5, 0.6) is 5.75 Å². The first-order valence-corrected chi connectivity index (χ1v) is 12.2. The van der Waals surface area contributed by atoms with E-state index in [4.69, 9.17) is 14.8 Å². The first kappa shape index (κ1) is 19.3. The Morgan fingerprint density at radius 2 is 1.74 bits per heavy atom. The average Bonchev–Trinajstić information content (AvgIpc) is 3.59. The van der Waals surface area contributed by atoms with Gasteiger partial charge in [-0.05, 0) is 62.8 Å². The molecule has 3 fully saturated rings. The Morgan fingerprint density at radius 1 is 1.00 bits per heavy atom. The van der Waals surface area contributed by atoms with Crippen LogP contribution in [0.1, 0.15) is 70.6 Å². The van der Waals surface area contributed by atoms with Crippen molar-refractivity contribution in [2.24, 2.45) is 11.8 Å². The van der Waals surface area contributed by atoms with E-state index in [1.54, 1.807) is 7.11 Å². The summed E-state index contributed by atoms with van der Waals surface area (Å²) in [5, 5.41) is 5.13. The third-order valence-corrected chi connectivity index (χ3v) is 8.21. The summed E-state index contributed by atoms with van der Waals surface area (Å²) in [6.07, 6.45) is 13.0. The quantitative estimate of drug-likeness (QED) is 0.706. The van der Waals surface area contributed by atoms with E-state index in [9.17, 15) is 4.79 Å². The highest BCUT2D eigenvalue weighted by Crippen LogP contribution is 2.53. The van der Waals surface area contributed by atoms with Gasteiger partial charge in [0, 0.05) is 23.4 Å². The summed E-state index contributed by atoms with van der Waals surface area (Å²) in [6.45, 7) is 0. The molecule has 2 atom stereocenters. The van der Waals surface area contributed by atoms with Crippen molar-refractivity contribution in [3.8, 4) is 17.1 Å². The standard InChI is InChI=1S/C25H32N4O2/c1-31-19-13-11-17(12-14-19)22-26-24-28(23(30)18-9-10-18)21-8-4-3-7-20(21)25(29(24)27-22)15-5-2-6-16-25/h11-14,18,20-21H,2-10,15-16H2,1H3/t20-,21+/m1/s1. The molecule has 164 valence electrons. The van der Waals surface area contributed by atoms with Crippen LogP contribution in [0.3, 0.4) is 0 Å². The van der Waals surface area contributed by atoms with E-state index in [1.165, 1.54) is 38.5 Å². The molecule has 0 bridgehead atoms. The number of aromatic nitrogens is 3. The smallest absolute Gasteiger partial charge is 0.232 e. The molecule has 6 rings (SSSR count). The van der Waals surface area contributed by atoms with Gasteiger partial charge in [0.2, 0.25) is 11.9 Å². The van der Waals surface area contributed by atoms with Gasteiger partial charge >= 0.3 is 0 Å². The molecule has 6 heteroatoms. The number of benzene rings is 1. The highest BCUT2D eigenvalue weighted by Gasteiger charge is 2.56. The van der Waals surface area contributed by atoms with Crippen LogP contribution in [0.4, 0.5) is 5.95 Å². The zero-order valence-electron chi connectivity index (χ0n) is 18.4. The number of methoxy groups -OCH3 is 1. The number of nitrogens with zero attached hydrogens (tertiary/aromatic N) is 4. The Labute approximate surface area is 184 Å². The lowest BCUT2D eigenvalue weighted by atomic mass is 9.64. The first-order valence-electron chi connectivity index (χ1n) is 12.2. The number of carbonyl (C=O) groups is 1. The second kappa shape index (κ2) is 7.35. The van der Waals surface area contributed by atoms with Crippen molar-refractivity contribution < 1.29 is 9.53 Å². The van der Waals surface area contributed by atoms with Gasteiger partial charge < -0.3 is 4.74 Å². The molecule has 0 unspecified atom stereocenters. The summed E-state index contributed by atoms with van der Waals surface area (Å²) in [5.41, 5.74) is 1.01. The van der Waals surface area contributed by atoms with Crippen LogP contribution < -0.4 is 9.64 Å². The molecule has 2 aromatic rings. The second-order valence-corrected chi connectivity index (χ2v) is 9.98. The van der Waals surface area contributed by atoms with E-state index in [0.717, 1.165) is 55.2 Å². The Kier molecular flexibility index (Phi) is 4.58. The molecule has 31 heavy (non-hydrogen) atoms. The van der Waals surface area contributed by atoms with Crippen LogP contribution in [0, 0.1) is 11.8 Å². The predicted molar refractivity (Wildman–Crippen MR) is 119 cm³/mol. The van der Waals surface area contributed by atoms with Crippen LogP contribution >= 0.6 is 0 Å². The van der Waals surface area contributed by atoms with Crippen LogP contribution in [0.15, 0.2) is 24.3 Å². The van der Waals surface area contributed by atoms with Crippen molar-refractivity contribution in [3.63, 3.8) is 0 Å². The highest BCUT2D eigenvalue weighted by atomic mass is 16.5. The SMILES string of the molecule is COc1ccc(-c2nc3n(n2)C2(CCCCC2)[C@@H]2CCCC[C@@H]2N3C(=O)C2CC2)cc1. The van der Waals surface area contributed by atoms with Crippen molar-refractivity contribution in [1.29, 1.82) is 0 Å². The molecule has 3 aliphatic carbocycles. The fraction of sp³-hybridized carbons (Fsp3) is 0.640. The third kappa shape index (κ3) is 3.01. The van der Waals surface area contributed by atoms with Gasteiger partial charge in [-0.1, -0.05) is 32.1 Å². The maximum Gasteiger partial charge on any atom is 0.232 e. The molecule has 1 spiro atoms. The van der Waals surface area contributed by atoms with Gasteiger partial charge in [0.15, 0.2) is 5.82 Å². The lowest BCUT2D eigenvalue weighted by Gasteiger charge is -2.55. The molecule has 1 aliphatic heterocycles. The molecular weight excluding hydrogens is 388 g/mol. The first-order chi connectivity index (χ1) is 15.2. The third-order valence-electron chi connectivity index (χ3n) is 8.21. The van der Waals surface area contributed by atoms with E-state index in [2.05, 4.69) is 9.58 Å². The average molecular weight is 421 g/mol. The van der Waals surface area contributed by atoms with E-state index >= 15 is 0 Å². The summed E-state index contributed by atoms with van der Waals surface area (Å²) < 4.78 is 7.54. The van der Waals surface area contributed by atoms with Gasteiger partial charge in [-0.2, -0.15) is 4.98 Å². The Morgan fingerprint density at radius 3 is 2.45 bits per heavy atom. The maximum absolute atomic E-state index is 13.5. The predicted octanol–water partition coefficient (Wildman–Crippen LogP) is 4.93. The lowest BCUT2D eigenvalue weighted by molar-refractivity contribution is -0.122. The van der Waals surface area contributed by atoms with Crippen molar-refractivity contribution in [1.82, 2.24) is 14.8 Å². The molecular formula is C25H32N4O2. The van der Waals surface area contributed by atoms with Gasteiger partial charge in [0.25, 0.3) is 0 Å². The molecule has 2 heterocycles. The number of carbonyl (C=O) groups excluding carboxylic acids is 1. The summed E-state index contributed by atoms with van der Waals surface area (Å²) in [7, 11) is 1.68. The van der Waals surface area contributed by atoms with Crippen LogP contribution in [0.2, 0.25) is 0 Å². The van der Waals surface area contributed by atoms with Crippen LogP contribution in [0.25, 0.3) is 11.4 Å². The fourth-order valence-corrected chi connectivity index (χ4v) is 6.51. The zero-order valence-corrected chi connectivity index (χ0v) is 18.4. The Hall–Kier alpha value is -2.37. The molecule has 1 amide bonds. The Bertz CT molecular complexity index is 972. The molecule has 0 N–H and O–H groups in total. The molecule has 0 radical (unpaired) electrons. The summed E-state index contributed by atoms with van der Waals surface area (Å²) in [6, 6.07) is 8.25.